The highest BCUT2D eigenvalue weighted by Gasteiger charge is 2.74. The second kappa shape index (κ2) is 15.7. The lowest BCUT2D eigenvalue weighted by Gasteiger charge is -2.24. The lowest BCUT2D eigenvalue weighted by Crippen LogP contribution is -2.38. The third-order valence-corrected chi connectivity index (χ3v) is 13.0. The molecule has 1 unspecified atom stereocenters. The van der Waals surface area contributed by atoms with E-state index in [0.717, 1.165) is 23.0 Å². The highest BCUT2D eigenvalue weighted by Crippen LogP contribution is 2.71. The summed E-state index contributed by atoms with van der Waals surface area (Å²) in [7, 11) is -1.00. The van der Waals surface area contributed by atoms with E-state index >= 15 is 13.6 Å². The molecule has 3 atom stereocenters. The van der Waals surface area contributed by atoms with Crippen molar-refractivity contribution in [1.82, 2.24) is 39.7 Å². The van der Waals surface area contributed by atoms with Crippen molar-refractivity contribution in [1.29, 1.82) is 0 Å². The maximum Gasteiger partial charge on any atom is 0.293 e. The maximum absolute atomic E-state index is 15.8. The number of fused-ring (bicyclic) bond motifs is 5. The summed E-state index contributed by atoms with van der Waals surface area (Å²) >= 11 is 6.65. The number of aryl methyl sites for hydroxylation is 1. The number of nitrogens with zero attached hydrogens (tertiary/aromatic N) is 6. The van der Waals surface area contributed by atoms with Gasteiger partial charge >= 0.3 is 0 Å². The zero-order valence-corrected chi connectivity index (χ0v) is 36.6. The molecule has 22 heteroatoms. The van der Waals surface area contributed by atoms with Crippen LogP contribution in [0.1, 0.15) is 64.5 Å². The second-order valence-electron chi connectivity index (χ2n) is 16.6. The molecule has 0 bridgehead atoms. The summed E-state index contributed by atoms with van der Waals surface area (Å²) in [6, 6.07) is 15.0. The third-order valence-electron chi connectivity index (χ3n) is 12.1. The van der Waals surface area contributed by atoms with Gasteiger partial charge in [-0.2, -0.15) is 19.0 Å². The number of rotatable bonds is 12. The molecule has 3 aromatic heterocycles. The van der Waals surface area contributed by atoms with Crippen LogP contribution >= 0.6 is 11.6 Å². The van der Waals surface area contributed by atoms with Crippen molar-refractivity contribution >= 4 is 61.1 Å². The van der Waals surface area contributed by atoms with Crippen LogP contribution in [-0.4, -0.2) is 62.6 Å². The fourth-order valence-electron chi connectivity index (χ4n) is 9.12. The predicted molar refractivity (Wildman–Crippen MR) is 231 cm³/mol. The number of sulfonamides is 1. The van der Waals surface area contributed by atoms with Gasteiger partial charge in [0.1, 0.15) is 35.4 Å². The number of amides is 2. The minimum Gasteiger partial charge on any atom is -0.355 e. The number of hydrogen-bond donors (Lipinski definition) is 3. The molecule has 2 amide bonds. The lowest BCUT2D eigenvalue weighted by atomic mass is 9.99. The molecule has 0 spiro atoms. The highest BCUT2D eigenvalue weighted by molar-refractivity contribution is 7.92. The van der Waals surface area contributed by atoms with Gasteiger partial charge in [0.15, 0.2) is 5.82 Å². The van der Waals surface area contributed by atoms with E-state index in [-0.39, 0.29) is 67.6 Å². The molecule has 0 radical (unpaired) electrons. The van der Waals surface area contributed by atoms with Crippen molar-refractivity contribution in [2.24, 2.45) is 13.0 Å². The van der Waals surface area contributed by atoms with E-state index in [2.05, 4.69) is 25.6 Å². The Morgan fingerprint density at radius 3 is 2.30 bits per heavy atom. The number of benzene rings is 4. The van der Waals surface area contributed by atoms with E-state index in [4.69, 9.17) is 16.6 Å². The van der Waals surface area contributed by atoms with Crippen LogP contribution in [0, 0.1) is 17.6 Å². The summed E-state index contributed by atoms with van der Waals surface area (Å²) < 4.78 is 120. The topological polar surface area (TPSA) is 175 Å². The van der Waals surface area contributed by atoms with Gasteiger partial charge in [-0.25, -0.2) is 31.0 Å². The summed E-state index contributed by atoms with van der Waals surface area (Å²) in [6.07, 6.45) is -2.88. The van der Waals surface area contributed by atoms with Crippen molar-refractivity contribution < 1.29 is 44.3 Å². The summed E-state index contributed by atoms with van der Waals surface area (Å²) in [5.41, 5.74) is -2.44. The van der Waals surface area contributed by atoms with Crippen LogP contribution in [0.25, 0.3) is 38.6 Å². The number of alkyl halides is 4. The lowest BCUT2D eigenvalue weighted by molar-refractivity contribution is -0.123. The summed E-state index contributed by atoms with van der Waals surface area (Å²) in [4.78, 5) is 46.5. The van der Waals surface area contributed by atoms with E-state index in [1.807, 2.05) is 0 Å². The van der Waals surface area contributed by atoms with Gasteiger partial charge in [-0.05, 0) is 71.6 Å². The SMILES string of the molecule is CNC(=O)c1ccc(-c2ccc3c(=O)n(-c4ccc(Cl)c5c(NS(C)(=O)=O)nn(C)c45)c([C@H](Cc4cc(F)cc(F)c4)NC(=O)Cn4nc(C(F)F)c5c4C(F)(F)C4C[C@@]54C)nc3c2)cc1. The molecule has 3 N–H and O–H groups in total. The molecular weight excluding hydrogens is 916 g/mol. The Balaban J connectivity index is 1.25. The third kappa shape index (κ3) is 7.52. The van der Waals surface area contributed by atoms with Crippen molar-refractivity contribution in [3.63, 3.8) is 0 Å². The number of carbonyl (C=O) groups excluding carboxylic acids is 2. The molecular formula is C44H36ClF6N9O5S. The van der Waals surface area contributed by atoms with E-state index in [1.165, 1.54) is 43.9 Å². The smallest absolute Gasteiger partial charge is 0.293 e. The van der Waals surface area contributed by atoms with Crippen LogP contribution in [0.5, 0.6) is 0 Å². The Bertz CT molecular complexity index is 3360. The molecule has 3 heterocycles. The van der Waals surface area contributed by atoms with Crippen LogP contribution in [0.3, 0.4) is 0 Å². The summed E-state index contributed by atoms with van der Waals surface area (Å²) in [5, 5.41) is 13.4. The fraction of sp³-hybridized carbons (Fsp3) is 0.273. The largest absolute Gasteiger partial charge is 0.355 e. The fourth-order valence-corrected chi connectivity index (χ4v) is 9.86. The Hall–Kier alpha value is -6.74. The molecule has 2 aliphatic carbocycles. The average Bonchev–Trinajstić information content (AvgIpc) is 3.54. The molecule has 4 aromatic carbocycles. The summed E-state index contributed by atoms with van der Waals surface area (Å²) in [6.45, 7) is 0.429. The van der Waals surface area contributed by atoms with Gasteiger partial charge in [0.05, 0.1) is 44.8 Å². The number of nitrogens with one attached hydrogen (secondary N) is 3. The van der Waals surface area contributed by atoms with Crippen molar-refractivity contribution in [2.45, 2.75) is 50.1 Å². The minimum atomic E-state index is -3.93. The van der Waals surface area contributed by atoms with Crippen LogP contribution in [-0.2, 0) is 46.2 Å². The molecule has 9 rings (SSSR count). The van der Waals surface area contributed by atoms with Gasteiger partial charge in [0, 0.05) is 49.0 Å². The molecule has 66 heavy (non-hydrogen) atoms. The molecule has 0 aliphatic heterocycles. The average molecular weight is 952 g/mol. The first-order valence-electron chi connectivity index (χ1n) is 20.1. The molecule has 0 saturated heterocycles. The van der Waals surface area contributed by atoms with E-state index in [0.29, 0.717) is 27.4 Å². The zero-order chi connectivity index (χ0) is 47.4. The monoisotopic (exact) mass is 951 g/mol. The van der Waals surface area contributed by atoms with Crippen LogP contribution in [0.4, 0.5) is 32.2 Å². The van der Waals surface area contributed by atoms with Crippen LogP contribution < -0.4 is 20.9 Å². The van der Waals surface area contributed by atoms with Crippen LogP contribution in [0.15, 0.2) is 77.6 Å². The minimum absolute atomic E-state index is 0.00234. The predicted octanol–water partition coefficient (Wildman–Crippen LogP) is 7.22. The number of hydrogen-bond acceptors (Lipinski definition) is 8. The van der Waals surface area contributed by atoms with Crippen molar-refractivity contribution in [3.8, 4) is 16.8 Å². The number of halogens is 7. The van der Waals surface area contributed by atoms with E-state index in [9.17, 15) is 35.6 Å². The summed E-state index contributed by atoms with van der Waals surface area (Å²) in [5.74, 6) is -8.73. The number of carbonyl (C=O) groups is 2. The van der Waals surface area contributed by atoms with Gasteiger partial charge in [-0.1, -0.05) is 36.7 Å². The van der Waals surface area contributed by atoms with E-state index in [1.54, 1.807) is 36.4 Å². The van der Waals surface area contributed by atoms with Gasteiger partial charge in [0.25, 0.3) is 23.8 Å². The molecule has 1 fully saturated rings. The first kappa shape index (κ1) is 44.5. The molecule has 7 aromatic rings. The molecule has 342 valence electrons. The van der Waals surface area contributed by atoms with Gasteiger partial charge in [0.2, 0.25) is 15.9 Å². The van der Waals surface area contributed by atoms with Gasteiger partial charge < -0.3 is 10.6 Å². The molecule has 2 aliphatic rings. The first-order valence-corrected chi connectivity index (χ1v) is 22.4. The quantitative estimate of drug-likeness (QED) is 0.108. The Morgan fingerprint density at radius 1 is 0.970 bits per heavy atom. The standard InChI is InChI=1S/C44H36ClF6N9O5S/c1-43-18-31(43)44(50,51)37-34(43)35(38(48)49)55-59(37)19-32(61)53-29(15-20-13-24(46)17-25(47)14-20)40-54-28-16-23(21-5-7-22(8-6-21)41(62)52-2)9-10-26(28)42(63)60(40)30-12-11-27(45)33-36(30)58(3)56-39(33)57-66(4,64)65/h5-14,16-17,29,31,38H,15,18-19H2,1-4H3,(H,52,62)(H,53,61)(H,56,57)/t29-,31?,43+/m0/s1. The van der Waals surface area contributed by atoms with Gasteiger partial charge in [-0.3, -0.25) is 33.0 Å². The number of aromatic nitrogens is 6. The van der Waals surface area contributed by atoms with Gasteiger partial charge in [-0.15, -0.1) is 0 Å². The number of anilines is 1. The molecule has 14 nitrogen and oxygen atoms in total. The maximum atomic E-state index is 15.8. The van der Waals surface area contributed by atoms with Crippen LogP contribution in [0.2, 0.25) is 5.02 Å². The Labute approximate surface area is 375 Å². The van der Waals surface area contributed by atoms with Crippen molar-refractivity contribution in [2.75, 3.05) is 18.0 Å². The Kier molecular flexibility index (Phi) is 10.6. The van der Waals surface area contributed by atoms with E-state index < -0.39 is 87.2 Å². The Morgan fingerprint density at radius 2 is 1.65 bits per heavy atom. The molecule has 1 saturated carbocycles. The highest BCUT2D eigenvalue weighted by atomic mass is 35.5. The van der Waals surface area contributed by atoms with Crippen molar-refractivity contribution in [3.05, 3.63) is 134 Å². The first-order chi connectivity index (χ1) is 31.1. The second-order valence-corrected chi connectivity index (χ2v) is 18.8. The zero-order valence-electron chi connectivity index (χ0n) is 35.1. The normalized spacial score (nSPS) is 17.8.